The van der Waals surface area contributed by atoms with Gasteiger partial charge in [-0.2, -0.15) is 0 Å². The van der Waals surface area contributed by atoms with Crippen LogP contribution in [0, 0.1) is 0 Å². The van der Waals surface area contributed by atoms with E-state index in [-0.39, 0.29) is 24.4 Å². The molecule has 4 rings (SSSR count). The highest BCUT2D eigenvalue weighted by Crippen LogP contribution is 2.32. The first kappa shape index (κ1) is 33.6. The minimum absolute atomic E-state index is 0.0485. The molecule has 238 valence electrons. The van der Waals surface area contributed by atoms with E-state index >= 15 is 0 Å². The summed E-state index contributed by atoms with van der Waals surface area (Å²) in [6, 6.07) is 22.9. The van der Waals surface area contributed by atoms with Gasteiger partial charge in [-0.05, 0) is 86.4 Å². The number of fused-ring (bicyclic) bond motifs is 2. The predicted octanol–water partition coefficient (Wildman–Crippen LogP) is 7.30. The Hall–Kier alpha value is -5.24. The van der Waals surface area contributed by atoms with Crippen molar-refractivity contribution in [3.63, 3.8) is 0 Å². The first-order chi connectivity index (χ1) is 22.2. The van der Waals surface area contributed by atoms with Crippen LogP contribution < -0.4 is 9.47 Å². The summed E-state index contributed by atoms with van der Waals surface area (Å²) in [6.07, 6.45) is 4.38. The van der Waals surface area contributed by atoms with Crippen LogP contribution in [0.4, 0.5) is 0 Å². The maximum atomic E-state index is 12.5. The maximum absolute atomic E-state index is 12.5. The second-order valence-corrected chi connectivity index (χ2v) is 10.5. The Morgan fingerprint density at radius 1 is 0.565 bits per heavy atom. The summed E-state index contributed by atoms with van der Waals surface area (Å²) < 4.78 is 22.6. The van der Waals surface area contributed by atoms with E-state index in [0.717, 1.165) is 21.5 Å². The van der Waals surface area contributed by atoms with Crippen molar-refractivity contribution in [1.82, 2.24) is 0 Å². The number of hydrogen-bond donors (Lipinski definition) is 0. The van der Waals surface area contributed by atoms with E-state index in [2.05, 4.69) is 0 Å². The molecule has 8 heteroatoms. The normalized spacial score (nSPS) is 11.7. The molecular formula is C38H38O8. The van der Waals surface area contributed by atoms with Crippen LogP contribution in [0.15, 0.2) is 83.9 Å². The molecule has 0 heterocycles. The standard InChI is InChI=1S/C38H38O8/c1-5-43-37(41)31(25(3)39)23-33-29-15-9-7-13-27(29)17-19-35(33)45-21-11-12-22-46-36-20-18-28-14-8-10-16-30(28)34(36)24-32(26(4)40)38(42)44-6-2/h7-10,13-20,23-24H,5-6,11-12,21-22H2,1-4H3/b31-23-,32-24-. The topological polar surface area (TPSA) is 105 Å². The number of hydrogen-bond acceptors (Lipinski definition) is 8. The molecule has 8 nitrogen and oxygen atoms in total. The highest BCUT2D eigenvalue weighted by molar-refractivity contribution is 6.21. The van der Waals surface area contributed by atoms with Crippen molar-refractivity contribution in [3.05, 3.63) is 95.1 Å². The number of unbranched alkanes of at least 4 members (excludes halogenated alkanes) is 1. The number of Topliss-reactive ketones (excluding diaryl/α,β-unsaturated/α-hetero) is 2. The van der Waals surface area contributed by atoms with Gasteiger partial charge in [0, 0.05) is 11.1 Å². The first-order valence-electron chi connectivity index (χ1n) is 15.3. The zero-order valence-corrected chi connectivity index (χ0v) is 26.6. The van der Waals surface area contributed by atoms with E-state index in [9.17, 15) is 19.2 Å². The van der Waals surface area contributed by atoms with Gasteiger partial charge in [0.25, 0.3) is 0 Å². The van der Waals surface area contributed by atoms with Crippen molar-refractivity contribution < 1.29 is 38.1 Å². The molecule has 4 aromatic rings. The number of esters is 2. The van der Waals surface area contributed by atoms with Gasteiger partial charge < -0.3 is 18.9 Å². The number of ether oxygens (including phenoxy) is 4. The lowest BCUT2D eigenvalue weighted by molar-refractivity contribution is -0.141. The molecule has 0 spiro atoms. The van der Waals surface area contributed by atoms with E-state index in [1.165, 1.54) is 13.8 Å². The molecule has 4 aromatic carbocycles. The van der Waals surface area contributed by atoms with Gasteiger partial charge >= 0.3 is 11.9 Å². The van der Waals surface area contributed by atoms with Crippen LogP contribution in [0.1, 0.15) is 51.7 Å². The molecular weight excluding hydrogens is 584 g/mol. The lowest BCUT2D eigenvalue weighted by Gasteiger charge is -2.15. The fraction of sp³-hybridized carbons (Fsp3) is 0.263. The fourth-order valence-corrected chi connectivity index (χ4v) is 4.98. The van der Waals surface area contributed by atoms with Gasteiger partial charge in [0.15, 0.2) is 11.6 Å². The Bertz CT molecular complexity index is 1680. The highest BCUT2D eigenvalue weighted by atomic mass is 16.5. The largest absolute Gasteiger partial charge is 0.493 e. The van der Waals surface area contributed by atoms with Crippen LogP contribution >= 0.6 is 0 Å². The molecule has 0 radical (unpaired) electrons. The number of rotatable bonds is 15. The van der Waals surface area contributed by atoms with Crippen molar-refractivity contribution in [2.45, 2.75) is 40.5 Å². The number of ketones is 2. The van der Waals surface area contributed by atoms with Crippen molar-refractivity contribution >= 4 is 57.2 Å². The monoisotopic (exact) mass is 622 g/mol. The lowest BCUT2D eigenvalue weighted by atomic mass is 10.00. The smallest absolute Gasteiger partial charge is 0.341 e. The molecule has 0 atom stereocenters. The Morgan fingerprint density at radius 2 is 0.957 bits per heavy atom. The molecule has 0 aliphatic heterocycles. The average molecular weight is 623 g/mol. The van der Waals surface area contributed by atoms with E-state index < -0.39 is 23.5 Å². The zero-order valence-electron chi connectivity index (χ0n) is 26.6. The van der Waals surface area contributed by atoms with Crippen molar-refractivity contribution in [2.24, 2.45) is 0 Å². The van der Waals surface area contributed by atoms with Gasteiger partial charge in [-0.1, -0.05) is 60.7 Å². The molecule has 0 bridgehead atoms. The van der Waals surface area contributed by atoms with Crippen LogP contribution in [0.5, 0.6) is 11.5 Å². The van der Waals surface area contributed by atoms with Gasteiger partial charge in [-0.3, -0.25) is 9.59 Å². The van der Waals surface area contributed by atoms with Crippen LogP contribution in [0.2, 0.25) is 0 Å². The Kier molecular flexibility index (Phi) is 11.8. The minimum atomic E-state index is -0.674. The molecule has 0 amide bonds. The average Bonchev–Trinajstić information content (AvgIpc) is 3.04. The van der Waals surface area contributed by atoms with Gasteiger partial charge in [-0.15, -0.1) is 0 Å². The lowest BCUT2D eigenvalue weighted by Crippen LogP contribution is -2.13. The molecule has 0 N–H and O–H groups in total. The van der Waals surface area contributed by atoms with Crippen LogP contribution in [-0.2, 0) is 28.7 Å². The van der Waals surface area contributed by atoms with E-state index in [1.807, 2.05) is 72.8 Å². The van der Waals surface area contributed by atoms with E-state index in [1.54, 1.807) is 26.0 Å². The summed E-state index contributed by atoms with van der Waals surface area (Å²) in [5.41, 5.74) is 1.16. The van der Waals surface area contributed by atoms with Crippen molar-refractivity contribution in [1.29, 1.82) is 0 Å². The third kappa shape index (κ3) is 8.27. The van der Waals surface area contributed by atoms with Crippen molar-refractivity contribution in [2.75, 3.05) is 26.4 Å². The number of carbonyl (C=O) groups is 4. The number of carbonyl (C=O) groups excluding carboxylic acids is 4. The summed E-state index contributed by atoms with van der Waals surface area (Å²) in [7, 11) is 0. The minimum Gasteiger partial charge on any atom is -0.493 e. The van der Waals surface area contributed by atoms with Gasteiger partial charge in [-0.25, -0.2) is 9.59 Å². The van der Waals surface area contributed by atoms with Crippen LogP contribution in [-0.4, -0.2) is 49.9 Å². The molecule has 0 aliphatic rings. The van der Waals surface area contributed by atoms with Crippen LogP contribution in [0.25, 0.3) is 33.7 Å². The zero-order chi connectivity index (χ0) is 33.1. The summed E-state index contributed by atoms with van der Waals surface area (Å²) in [6.45, 7) is 7.09. The van der Waals surface area contributed by atoms with Crippen LogP contribution in [0.3, 0.4) is 0 Å². The van der Waals surface area contributed by atoms with E-state index in [0.29, 0.717) is 48.7 Å². The molecule has 46 heavy (non-hydrogen) atoms. The second kappa shape index (κ2) is 16.2. The highest BCUT2D eigenvalue weighted by Gasteiger charge is 2.19. The SMILES string of the molecule is CCOC(=O)/C(=C\c1c(OCCCCOc2ccc3ccccc3c2/C=C(/C(C)=O)C(=O)OCC)ccc2ccccc12)C(C)=O. The summed E-state index contributed by atoms with van der Waals surface area (Å²) >= 11 is 0. The summed E-state index contributed by atoms with van der Waals surface area (Å²) in [4.78, 5) is 49.7. The first-order valence-corrected chi connectivity index (χ1v) is 15.3. The summed E-state index contributed by atoms with van der Waals surface area (Å²) in [5, 5.41) is 3.57. The summed E-state index contributed by atoms with van der Waals surface area (Å²) in [5.74, 6) is -1.05. The number of benzene rings is 4. The predicted molar refractivity (Wildman–Crippen MR) is 179 cm³/mol. The fourth-order valence-electron chi connectivity index (χ4n) is 4.98. The molecule has 0 unspecified atom stereocenters. The molecule has 0 saturated carbocycles. The van der Waals surface area contributed by atoms with E-state index in [4.69, 9.17) is 18.9 Å². The third-order valence-corrected chi connectivity index (χ3v) is 7.24. The van der Waals surface area contributed by atoms with Gasteiger partial charge in [0.2, 0.25) is 0 Å². The molecule has 0 saturated heterocycles. The van der Waals surface area contributed by atoms with Gasteiger partial charge in [0.05, 0.1) is 26.4 Å². The molecule has 0 fully saturated rings. The molecule has 0 aliphatic carbocycles. The third-order valence-electron chi connectivity index (χ3n) is 7.24. The Morgan fingerprint density at radius 3 is 1.33 bits per heavy atom. The van der Waals surface area contributed by atoms with Gasteiger partial charge in [0.1, 0.15) is 22.6 Å². The van der Waals surface area contributed by atoms with Crippen molar-refractivity contribution in [3.8, 4) is 11.5 Å². The second-order valence-electron chi connectivity index (χ2n) is 10.5. The Balaban J connectivity index is 1.50. The Labute approximate surface area is 268 Å². The quantitative estimate of drug-likeness (QED) is 0.0447. The maximum Gasteiger partial charge on any atom is 0.341 e. The molecule has 0 aromatic heterocycles.